The summed E-state index contributed by atoms with van der Waals surface area (Å²) in [6.07, 6.45) is 4.45. The Kier molecular flexibility index (Phi) is 10.6. The third-order valence-electron chi connectivity index (χ3n) is 6.78. The Balaban J connectivity index is 1.17. The lowest BCUT2D eigenvalue weighted by Gasteiger charge is -2.24. The predicted molar refractivity (Wildman–Crippen MR) is 168 cm³/mol. The molecule has 1 aliphatic rings. The zero-order valence-electron chi connectivity index (χ0n) is 24.1. The minimum Gasteiger partial charge on any atom is -0.487 e. The van der Waals surface area contributed by atoms with Gasteiger partial charge < -0.3 is 25.4 Å². The van der Waals surface area contributed by atoms with Crippen LogP contribution in [0.3, 0.4) is 0 Å². The lowest BCUT2D eigenvalue weighted by atomic mass is 10.2. The second-order valence-electron chi connectivity index (χ2n) is 10.1. The Morgan fingerprint density at radius 2 is 1.84 bits per heavy atom. The van der Waals surface area contributed by atoms with Gasteiger partial charge in [-0.05, 0) is 54.1 Å². The van der Waals surface area contributed by atoms with Gasteiger partial charge in [-0.25, -0.2) is 14.4 Å². The summed E-state index contributed by atoms with van der Waals surface area (Å²) < 4.78 is 24.5. The highest BCUT2D eigenvalue weighted by atomic mass is 35.5. The largest absolute Gasteiger partial charge is 0.487 e. The molecule has 13 heteroatoms. The highest BCUT2D eigenvalue weighted by Gasteiger charge is 2.16. The quantitative estimate of drug-likeness (QED) is 0.155. The molecule has 1 fully saturated rings. The van der Waals surface area contributed by atoms with E-state index in [2.05, 4.69) is 30.8 Å². The Labute approximate surface area is 263 Å². The van der Waals surface area contributed by atoms with E-state index in [-0.39, 0.29) is 12.4 Å². The smallest absolute Gasteiger partial charge is 0.293 e. The number of amides is 2. The van der Waals surface area contributed by atoms with Crippen LogP contribution in [0.15, 0.2) is 79.1 Å². The molecule has 0 saturated carbocycles. The lowest BCUT2D eigenvalue weighted by molar-refractivity contribution is -0.134. The molecule has 3 N–H and O–H groups in total. The zero-order chi connectivity index (χ0) is 31.6. The molecule has 232 valence electrons. The number of nitrogens with one attached hydrogen (secondary N) is 3. The van der Waals surface area contributed by atoms with E-state index >= 15 is 0 Å². The maximum absolute atomic E-state index is 13.4. The molecule has 1 aliphatic heterocycles. The van der Waals surface area contributed by atoms with E-state index in [9.17, 15) is 18.8 Å². The molecule has 0 unspecified atom stereocenters. The monoisotopic (exact) mass is 632 g/mol. The number of rotatable bonds is 12. The number of fused-ring (bicyclic) bond motifs is 1. The number of anilines is 3. The summed E-state index contributed by atoms with van der Waals surface area (Å²) in [5.74, 6) is -1.63. The molecule has 0 spiro atoms. The van der Waals surface area contributed by atoms with Gasteiger partial charge in [0.25, 0.3) is 5.91 Å². The Morgan fingerprint density at radius 1 is 1.02 bits per heavy atom. The Morgan fingerprint density at radius 3 is 2.64 bits per heavy atom. The van der Waals surface area contributed by atoms with Gasteiger partial charge in [-0.2, -0.15) is 0 Å². The van der Waals surface area contributed by atoms with Crippen molar-refractivity contribution >= 4 is 57.3 Å². The van der Waals surface area contributed by atoms with Crippen molar-refractivity contribution in [2.24, 2.45) is 0 Å². The first kappa shape index (κ1) is 31.5. The molecule has 0 atom stereocenters. The third-order valence-corrected chi connectivity index (χ3v) is 7.08. The fraction of sp³-hybridized carbons (Fsp3) is 0.219. The van der Waals surface area contributed by atoms with Crippen molar-refractivity contribution in [1.29, 1.82) is 0 Å². The summed E-state index contributed by atoms with van der Waals surface area (Å²) >= 11 is 6.44. The van der Waals surface area contributed by atoms with Crippen LogP contribution in [-0.4, -0.2) is 71.9 Å². The van der Waals surface area contributed by atoms with Crippen molar-refractivity contribution < 1.29 is 28.2 Å². The van der Waals surface area contributed by atoms with Crippen molar-refractivity contribution in [2.75, 3.05) is 50.0 Å². The number of benzene rings is 3. The molecule has 1 aromatic heterocycles. The fourth-order valence-electron chi connectivity index (χ4n) is 4.45. The molecule has 4 aromatic rings. The van der Waals surface area contributed by atoms with Crippen molar-refractivity contribution in [3.05, 3.63) is 95.5 Å². The molecular weight excluding hydrogens is 603 g/mol. The minimum atomic E-state index is -0.876. The molecule has 2 heterocycles. The first-order valence-corrected chi connectivity index (χ1v) is 14.5. The zero-order valence-corrected chi connectivity index (χ0v) is 24.9. The normalized spacial score (nSPS) is 13.5. The number of ether oxygens (including phenoxy) is 2. The molecular formula is C32H30ClFN6O5. The van der Waals surface area contributed by atoms with Crippen LogP contribution in [0.25, 0.3) is 10.9 Å². The molecule has 11 nitrogen and oxygen atoms in total. The molecule has 45 heavy (non-hydrogen) atoms. The maximum Gasteiger partial charge on any atom is 0.293 e. The van der Waals surface area contributed by atoms with Gasteiger partial charge in [-0.15, -0.1) is 0 Å². The topological polar surface area (TPSA) is 135 Å². The molecule has 2 amide bonds. The summed E-state index contributed by atoms with van der Waals surface area (Å²) in [4.78, 5) is 47.7. The number of halogens is 2. The van der Waals surface area contributed by atoms with Gasteiger partial charge in [0.15, 0.2) is 0 Å². The van der Waals surface area contributed by atoms with Crippen molar-refractivity contribution in [3.63, 3.8) is 0 Å². The summed E-state index contributed by atoms with van der Waals surface area (Å²) in [5, 5.41) is 9.09. The van der Waals surface area contributed by atoms with Crippen LogP contribution in [0.4, 0.5) is 21.6 Å². The van der Waals surface area contributed by atoms with Crippen LogP contribution >= 0.6 is 11.6 Å². The van der Waals surface area contributed by atoms with Crippen LogP contribution < -0.4 is 20.7 Å². The lowest BCUT2D eigenvalue weighted by Crippen LogP contribution is -2.37. The van der Waals surface area contributed by atoms with E-state index in [1.165, 1.54) is 24.5 Å². The maximum atomic E-state index is 13.4. The van der Waals surface area contributed by atoms with Crippen LogP contribution in [0.2, 0.25) is 5.02 Å². The van der Waals surface area contributed by atoms with Gasteiger partial charge in [-0.3, -0.25) is 19.3 Å². The molecule has 3 aromatic carbocycles. The second-order valence-corrected chi connectivity index (χ2v) is 10.5. The molecule has 5 rings (SSSR count). The first-order valence-electron chi connectivity index (χ1n) is 14.1. The van der Waals surface area contributed by atoms with Crippen LogP contribution in [0, 0.1) is 5.82 Å². The van der Waals surface area contributed by atoms with E-state index in [0.29, 0.717) is 64.2 Å². The number of hydrogen-bond acceptors (Lipinski definition) is 9. The molecule has 0 radical (unpaired) electrons. The molecule has 0 bridgehead atoms. The minimum absolute atomic E-state index is 0.149. The third kappa shape index (κ3) is 9.05. The van der Waals surface area contributed by atoms with Crippen LogP contribution in [-0.2, 0) is 25.7 Å². The average Bonchev–Trinajstić information content (AvgIpc) is 3.04. The average molecular weight is 633 g/mol. The van der Waals surface area contributed by atoms with E-state index in [4.69, 9.17) is 21.1 Å². The van der Waals surface area contributed by atoms with E-state index in [0.717, 1.165) is 13.1 Å². The van der Waals surface area contributed by atoms with E-state index in [1.807, 2.05) is 0 Å². The summed E-state index contributed by atoms with van der Waals surface area (Å²) in [7, 11) is 0. The number of aromatic nitrogens is 2. The highest BCUT2D eigenvalue weighted by Crippen LogP contribution is 2.31. The van der Waals surface area contributed by atoms with Gasteiger partial charge >= 0.3 is 0 Å². The van der Waals surface area contributed by atoms with Gasteiger partial charge in [-0.1, -0.05) is 29.8 Å². The Hall–Kier alpha value is -4.91. The van der Waals surface area contributed by atoms with Gasteiger partial charge in [0.05, 0.1) is 30.3 Å². The number of carbonyl (C=O) groups is 3. The molecule has 0 aliphatic carbocycles. The van der Waals surface area contributed by atoms with E-state index < -0.39 is 24.1 Å². The number of hydrogen-bond donors (Lipinski definition) is 3. The van der Waals surface area contributed by atoms with Crippen molar-refractivity contribution in [2.45, 2.75) is 6.61 Å². The summed E-state index contributed by atoms with van der Waals surface area (Å²) in [6.45, 7) is 3.20. The number of ketones is 1. The van der Waals surface area contributed by atoms with E-state index in [1.54, 1.807) is 54.6 Å². The SMILES string of the molecule is O=C(/C=C/CN1CCOCC1)NCC(=O)C(=O)Nc1ccc2ncnc(Nc3ccc(OCc4cccc(F)c4)c(Cl)c3)c2c1. The first-order chi connectivity index (χ1) is 21.8. The fourth-order valence-corrected chi connectivity index (χ4v) is 4.69. The summed E-state index contributed by atoms with van der Waals surface area (Å²) in [5.41, 5.74) is 2.21. The summed E-state index contributed by atoms with van der Waals surface area (Å²) in [6, 6.07) is 16.1. The van der Waals surface area contributed by atoms with Crippen molar-refractivity contribution in [3.8, 4) is 5.75 Å². The number of carbonyl (C=O) groups excluding carboxylic acids is 3. The highest BCUT2D eigenvalue weighted by molar-refractivity contribution is 6.41. The second kappa shape index (κ2) is 15.2. The number of morpholine rings is 1. The molecule has 1 saturated heterocycles. The van der Waals surface area contributed by atoms with Crippen molar-refractivity contribution in [1.82, 2.24) is 20.2 Å². The standard InChI is InChI=1S/C32H30ClFN6O5/c33-26-17-24(7-9-29(26)45-19-21-3-1-4-22(34)15-21)38-31-25-16-23(6-8-27(25)36-20-37-31)39-32(43)28(41)18-35-30(42)5-2-10-40-11-13-44-14-12-40/h1-9,15-17,20H,10-14,18-19H2,(H,35,42)(H,39,43)(H,36,37,38)/b5-2+. The van der Waals surface area contributed by atoms with Crippen LogP contribution in [0.5, 0.6) is 5.75 Å². The number of Topliss-reactive ketones (excluding diaryl/α,β-unsaturated/α-hetero) is 1. The Bertz CT molecular complexity index is 1730. The van der Waals surface area contributed by atoms with Gasteiger partial charge in [0.2, 0.25) is 11.7 Å². The van der Waals surface area contributed by atoms with Gasteiger partial charge in [0, 0.05) is 42.5 Å². The van der Waals surface area contributed by atoms with Crippen LogP contribution in [0.1, 0.15) is 5.56 Å². The number of nitrogens with zero attached hydrogens (tertiary/aromatic N) is 3. The van der Waals surface area contributed by atoms with Gasteiger partial charge in [0.1, 0.15) is 30.3 Å². The predicted octanol–water partition coefficient (Wildman–Crippen LogP) is 4.26.